The van der Waals surface area contributed by atoms with Crippen molar-refractivity contribution in [3.63, 3.8) is 0 Å². The normalized spacial score (nSPS) is 14.7. The Morgan fingerprint density at radius 2 is 2.10 bits per heavy atom. The Hall–Kier alpha value is -1.79. The van der Waals surface area contributed by atoms with Crippen LogP contribution in [0.2, 0.25) is 0 Å². The predicted molar refractivity (Wildman–Crippen MR) is 79.4 cm³/mol. The molecule has 20 heavy (non-hydrogen) atoms. The van der Waals surface area contributed by atoms with Gasteiger partial charge in [-0.15, -0.1) is 0 Å². The first-order valence-electron chi connectivity index (χ1n) is 7.18. The van der Waals surface area contributed by atoms with Gasteiger partial charge in [-0.2, -0.15) is 0 Å². The minimum atomic E-state index is -0.169. The number of rotatable bonds is 3. The van der Waals surface area contributed by atoms with Crippen LogP contribution in [-0.2, 0) is 0 Å². The lowest BCUT2D eigenvalue weighted by atomic mass is 10.1. The van der Waals surface area contributed by atoms with Crippen LogP contribution < -0.4 is 5.32 Å². The number of hydrogen-bond acceptors (Lipinski definition) is 2. The van der Waals surface area contributed by atoms with Gasteiger partial charge in [0, 0.05) is 17.7 Å². The van der Waals surface area contributed by atoms with Gasteiger partial charge in [-0.05, 0) is 49.4 Å². The monoisotopic (exact) mass is 271 g/mol. The van der Waals surface area contributed by atoms with Crippen molar-refractivity contribution in [1.82, 2.24) is 5.32 Å². The third-order valence-corrected chi connectivity index (χ3v) is 3.68. The summed E-state index contributed by atoms with van der Waals surface area (Å²) in [7, 11) is 0. The molecule has 0 spiro atoms. The van der Waals surface area contributed by atoms with Gasteiger partial charge in [0.25, 0.3) is 5.91 Å². The molecule has 2 rings (SSSR count). The fourth-order valence-corrected chi connectivity index (χ4v) is 2.68. The molecule has 1 aliphatic carbocycles. The van der Waals surface area contributed by atoms with E-state index >= 15 is 0 Å². The maximum Gasteiger partial charge on any atom is 0.251 e. The molecule has 1 fully saturated rings. The molecule has 3 nitrogen and oxygen atoms in total. The van der Waals surface area contributed by atoms with E-state index in [1.165, 1.54) is 25.7 Å². The molecule has 0 radical (unpaired) electrons. The van der Waals surface area contributed by atoms with Gasteiger partial charge >= 0.3 is 0 Å². The van der Waals surface area contributed by atoms with Crippen LogP contribution in [-0.4, -0.2) is 24.2 Å². The number of benzene rings is 1. The fourth-order valence-electron chi connectivity index (χ4n) is 2.68. The Balaban J connectivity index is 2.02. The predicted octanol–water partition coefficient (Wildman–Crippen LogP) is 2.26. The van der Waals surface area contributed by atoms with E-state index in [1.54, 1.807) is 6.07 Å². The summed E-state index contributed by atoms with van der Waals surface area (Å²) in [6.07, 6.45) is 5.01. The molecule has 0 atom stereocenters. The quantitative estimate of drug-likeness (QED) is 0.828. The van der Waals surface area contributed by atoms with Crippen molar-refractivity contribution < 1.29 is 9.90 Å². The van der Waals surface area contributed by atoms with Gasteiger partial charge < -0.3 is 10.4 Å². The summed E-state index contributed by atoms with van der Waals surface area (Å²) in [4.78, 5) is 12.2. The van der Waals surface area contributed by atoms with E-state index in [0.29, 0.717) is 11.5 Å². The Kier molecular flexibility index (Phi) is 5.20. The van der Waals surface area contributed by atoms with Crippen molar-refractivity contribution in [3.8, 4) is 11.8 Å². The highest BCUT2D eigenvalue weighted by Gasteiger charge is 2.16. The van der Waals surface area contributed by atoms with E-state index < -0.39 is 0 Å². The van der Waals surface area contributed by atoms with Crippen LogP contribution in [0.15, 0.2) is 18.2 Å². The maximum atomic E-state index is 12.2. The van der Waals surface area contributed by atoms with E-state index in [-0.39, 0.29) is 12.5 Å². The standard InChI is InChI=1S/C17H21NO2/c1-13-9-15(7-4-8-19)11-16(10-13)17(20)18-12-14-5-2-3-6-14/h9-11,14,19H,2-3,5-6,8,12H2,1H3,(H,18,20). The highest BCUT2D eigenvalue weighted by Crippen LogP contribution is 2.23. The van der Waals surface area contributed by atoms with Crippen LogP contribution in [0.4, 0.5) is 0 Å². The Morgan fingerprint density at radius 3 is 2.80 bits per heavy atom. The number of aliphatic hydroxyl groups excluding tert-OH is 1. The first-order valence-corrected chi connectivity index (χ1v) is 7.18. The molecule has 2 N–H and O–H groups in total. The summed E-state index contributed by atoms with van der Waals surface area (Å²) in [6, 6.07) is 5.56. The van der Waals surface area contributed by atoms with Crippen molar-refractivity contribution in [3.05, 3.63) is 34.9 Å². The van der Waals surface area contributed by atoms with Crippen LogP contribution in [0.5, 0.6) is 0 Å². The van der Waals surface area contributed by atoms with Gasteiger partial charge in [0.2, 0.25) is 0 Å². The second-order valence-electron chi connectivity index (χ2n) is 5.41. The minimum Gasteiger partial charge on any atom is -0.384 e. The largest absolute Gasteiger partial charge is 0.384 e. The summed E-state index contributed by atoms with van der Waals surface area (Å²) >= 11 is 0. The van der Waals surface area contributed by atoms with Gasteiger partial charge in [-0.3, -0.25) is 4.79 Å². The first kappa shape index (κ1) is 14.6. The average Bonchev–Trinajstić information content (AvgIpc) is 2.95. The highest BCUT2D eigenvalue weighted by atomic mass is 16.2. The number of hydrogen-bond donors (Lipinski definition) is 2. The van der Waals surface area contributed by atoms with Crippen LogP contribution >= 0.6 is 0 Å². The minimum absolute atomic E-state index is 0.0346. The summed E-state index contributed by atoms with van der Waals surface area (Å²) in [5, 5.41) is 11.7. The summed E-state index contributed by atoms with van der Waals surface area (Å²) < 4.78 is 0. The second kappa shape index (κ2) is 7.12. The van der Waals surface area contributed by atoms with Gasteiger partial charge in [0.1, 0.15) is 6.61 Å². The van der Waals surface area contributed by atoms with E-state index in [4.69, 9.17) is 5.11 Å². The molecule has 1 amide bonds. The molecule has 1 saturated carbocycles. The Morgan fingerprint density at radius 1 is 1.35 bits per heavy atom. The number of carbonyl (C=O) groups is 1. The molecule has 1 aliphatic rings. The van der Waals surface area contributed by atoms with Crippen molar-refractivity contribution in [2.24, 2.45) is 5.92 Å². The topological polar surface area (TPSA) is 49.3 Å². The van der Waals surface area contributed by atoms with E-state index in [1.807, 2.05) is 19.1 Å². The molecule has 1 aromatic carbocycles. The smallest absolute Gasteiger partial charge is 0.251 e. The number of carbonyl (C=O) groups excluding carboxylic acids is 1. The van der Waals surface area contributed by atoms with Crippen molar-refractivity contribution >= 4 is 5.91 Å². The lowest BCUT2D eigenvalue weighted by molar-refractivity contribution is 0.0947. The zero-order valence-electron chi connectivity index (χ0n) is 11.9. The second-order valence-corrected chi connectivity index (χ2v) is 5.41. The summed E-state index contributed by atoms with van der Waals surface area (Å²) in [5.41, 5.74) is 2.41. The molecule has 0 aromatic heterocycles. The Bertz CT molecular complexity index is 534. The van der Waals surface area contributed by atoms with Gasteiger partial charge in [-0.1, -0.05) is 24.7 Å². The lowest BCUT2D eigenvalue weighted by Gasteiger charge is -2.11. The maximum absolute atomic E-state index is 12.2. The Labute approximate surface area is 120 Å². The molecule has 0 saturated heterocycles. The van der Waals surface area contributed by atoms with Crippen molar-refractivity contribution in [2.45, 2.75) is 32.6 Å². The third-order valence-electron chi connectivity index (χ3n) is 3.68. The number of aryl methyl sites for hydroxylation is 1. The average molecular weight is 271 g/mol. The molecule has 0 bridgehead atoms. The molecule has 106 valence electrons. The fraction of sp³-hybridized carbons (Fsp3) is 0.471. The summed E-state index contributed by atoms with van der Waals surface area (Å²) in [6.45, 7) is 2.54. The van der Waals surface area contributed by atoms with Crippen molar-refractivity contribution in [1.29, 1.82) is 0 Å². The van der Waals surface area contributed by atoms with Gasteiger partial charge in [0.15, 0.2) is 0 Å². The van der Waals surface area contributed by atoms with Crippen molar-refractivity contribution in [2.75, 3.05) is 13.2 Å². The molecular formula is C17H21NO2. The van der Waals surface area contributed by atoms with Crippen LogP contribution in [0.25, 0.3) is 0 Å². The molecule has 0 aliphatic heterocycles. The molecule has 0 unspecified atom stereocenters. The highest BCUT2D eigenvalue weighted by molar-refractivity contribution is 5.94. The SMILES string of the molecule is Cc1cc(C#CCO)cc(C(=O)NCC2CCCC2)c1. The van der Waals surface area contributed by atoms with Gasteiger partial charge in [0.05, 0.1) is 0 Å². The number of amides is 1. The summed E-state index contributed by atoms with van der Waals surface area (Å²) in [5.74, 6) is 6.06. The lowest BCUT2D eigenvalue weighted by Crippen LogP contribution is -2.28. The van der Waals surface area contributed by atoms with Crippen LogP contribution in [0.1, 0.15) is 47.2 Å². The van der Waals surface area contributed by atoms with E-state index in [2.05, 4.69) is 17.2 Å². The van der Waals surface area contributed by atoms with E-state index in [9.17, 15) is 4.79 Å². The molecule has 3 heteroatoms. The number of aliphatic hydroxyl groups is 1. The zero-order chi connectivity index (χ0) is 14.4. The third kappa shape index (κ3) is 4.11. The first-order chi connectivity index (χ1) is 9.69. The van der Waals surface area contributed by atoms with E-state index in [0.717, 1.165) is 17.7 Å². The zero-order valence-corrected chi connectivity index (χ0v) is 11.9. The molecule has 1 aromatic rings. The van der Waals surface area contributed by atoms with Crippen LogP contribution in [0, 0.1) is 24.7 Å². The number of nitrogens with one attached hydrogen (secondary N) is 1. The van der Waals surface area contributed by atoms with Crippen LogP contribution in [0.3, 0.4) is 0 Å². The molecule has 0 heterocycles. The van der Waals surface area contributed by atoms with Gasteiger partial charge in [-0.25, -0.2) is 0 Å². The molecular weight excluding hydrogens is 250 g/mol.